The SMILES string of the molecule is O=C(OC(c1cccnc1)C(F)(F)F)N1CCC2(CC1)CNCCO2. The van der Waals surface area contributed by atoms with Crippen LogP contribution in [0.2, 0.25) is 0 Å². The smallest absolute Gasteiger partial charge is 0.429 e. The molecule has 1 aromatic heterocycles. The van der Waals surface area contributed by atoms with Crippen molar-refractivity contribution in [2.24, 2.45) is 0 Å². The normalized spacial score (nSPS) is 21.8. The minimum Gasteiger partial charge on any atom is -0.431 e. The van der Waals surface area contributed by atoms with Crippen LogP contribution in [0.1, 0.15) is 24.5 Å². The van der Waals surface area contributed by atoms with Gasteiger partial charge in [0.05, 0.1) is 12.2 Å². The van der Waals surface area contributed by atoms with Gasteiger partial charge in [0, 0.05) is 44.1 Å². The van der Waals surface area contributed by atoms with Gasteiger partial charge in [-0.05, 0) is 18.9 Å². The summed E-state index contributed by atoms with van der Waals surface area (Å²) in [6.45, 7) is 2.68. The summed E-state index contributed by atoms with van der Waals surface area (Å²) in [6.07, 6.45) is -4.44. The van der Waals surface area contributed by atoms with E-state index < -0.39 is 18.4 Å². The maximum atomic E-state index is 13.3. The fourth-order valence-electron chi connectivity index (χ4n) is 3.16. The van der Waals surface area contributed by atoms with Crippen molar-refractivity contribution in [3.8, 4) is 0 Å². The van der Waals surface area contributed by atoms with Gasteiger partial charge in [-0.1, -0.05) is 6.07 Å². The number of aromatic nitrogens is 1. The molecule has 9 heteroatoms. The lowest BCUT2D eigenvalue weighted by molar-refractivity contribution is -0.209. The highest BCUT2D eigenvalue weighted by atomic mass is 19.4. The molecular formula is C16H20F3N3O3. The molecule has 1 spiro atoms. The van der Waals surface area contributed by atoms with Gasteiger partial charge in [-0.15, -0.1) is 0 Å². The van der Waals surface area contributed by atoms with Gasteiger partial charge >= 0.3 is 12.3 Å². The average Bonchev–Trinajstić information content (AvgIpc) is 2.60. The van der Waals surface area contributed by atoms with E-state index in [0.717, 1.165) is 12.7 Å². The summed E-state index contributed by atoms with van der Waals surface area (Å²) in [5, 5.41) is 3.25. The number of likely N-dealkylation sites (tertiary alicyclic amines) is 1. The fourth-order valence-corrected chi connectivity index (χ4v) is 3.16. The minimum atomic E-state index is -4.70. The van der Waals surface area contributed by atoms with Crippen LogP contribution in [0.25, 0.3) is 0 Å². The number of amides is 1. The van der Waals surface area contributed by atoms with Gasteiger partial charge in [-0.3, -0.25) is 4.98 Å². The molecule has 1 aromatic rings. The number of nitrogens with one attached hydrogen (secondary N) is 1. The molecule has 25 heavy (non-hydrogen) atoms. The van der Waals surface area contributed by atoms with Gasteiger partial charge in [0.2, 0.25) is 6.10 Å². The maximum Gasteiger partial charge on any atom is 0.429 e. The summed E-state index contributed by atoms with van der Waals surface area (Å²) in [7, 11) is 0. The number of alkyl halides is 3. The van der Waals surface area contributed by atoms with Crippen LogP contribution in [-0.2, 0) is 9.47 Å². The summed E-state index contributed by atoms with van der Waals surface area (Å²) in [5.74, 6) is 0. The fraction of sp³-hybridized carbons (Fsp3) is 0.625. The van der Waals surface area contributed by atoms with E-state index in [0.29, 0.717) is 39.1 Å². The number of nitrogens with zero attached hydrogens (tertiary/aromatic N) is 2. The van der Waals surface area contributed by atoms with Crippen LogP contribution in [-0.4, -0.2) is 60.5 Å². The molecule has 1 atom stereocenters. The highest BCUT2D eigenvalue weighted by Gasteiger charge is 2.46. The number of carbonyl (C=O) groups excluding carboxylic acids is 1. The number of piperidine rings is 1. The van der Waals surface area contributed by atoms with Gasteiger partial charge in [0.25, 0.3) is 0 Å². The first kappa shape index (κ1) is 17.9. The molecule has 3 rings (SSSR count). The van der Waals surface area contributed by atoms with Crippen LogP contribution in [0.5, 0.6) is 0 Å². The lowest BCUT2D eigenvalue weighted by Crippen LogP contribution is -2.56. The largest absolute Gasteiger partial charge is 0.431 e. The van der Waals surface area contributed by atoms with Crippen LogP contribution in [0.15, 0.2) is 24.5 Å². The Balaban J connectivity index is 1.62. The second-order valence-corrected chi connectivity index (χ2v) is 6.29. The molecule has 0 bridgehead atoms. The van der Waals surface area contributed by atoms with Crippen LogP contribution in [0.3, 0.4) is 0 Å². The van der Waals surface area contributed by atoms with Gasteiger partial charge in [0.1, 0.15) is 0 Å². The number of hydrogen-bond donors (Lipinski definition) is 1. The molecule has 0 aromatic carbocycles. The van der Waals surface area contributed by atoms with Crippen molar-refractivity contribution >= 4 is 6.09 Å². The molecule has 2 fully saturated rings. The molecule has 1 amide bonds. The molecule has 3 heterocycles. The predicted octanol–water partition coefficient (Wildman–Crippen LogP) is 2.28. The average molecular weight is 359 g/mol. The summed E-state index contributed by atoms with van der Waals surface area (Å²) in [5.41, 5.74) is -0.529. The number of ether oxygens (including phenoxy) is 2. The van der Waals surface area contributed by atoms with Crippen molar-refractivity contribution in [1.82, 2.24) is 15.2 Å². The van der Waals surface area contributed by atoms with Crippen molar-refractivity contribution in [3.05, 3.63) is 30.1 Å². The number of hydrogen-bond acceptors (Lipinski definition) is 5. The van der Waals surface area contributed by atoms with E-state index in [1.54, 1.807) is 0 Å². The number of carbonyl (C=O) groups is 1. The third-order valence-corrected chi connectivity index (χ3v) is 4.57. The monoisotopic (exact) mass is 359 g/mol. The quantitative estimate of drug-likeness (QED) is 0.878. The number of rotatable bonds is 2. The van der Waals surface area contributed by atoms with Crippen LogP contribution in [0, 0.1) is 0 Å². The summed E-state index contributed by atoms with van der Waals surface area (Å²) in [6, 6.07) is 2.62. The molecule has 6 nitrogen and oxygen atoms in total. The Morgan fingerprint density at radius 2 is 2.16 bits per heavy atom. The molecule has 0 saturated carbocycles. The van der Waals surface area contributed by atoms with Crippen LogP contribution in [0.4, 0.5) is 18.0 Å². The van der Waals surface area contributed by atoms with E-state index >= 15 is 0 Å². The van der Waals surface area contributed by atoms with Gasteiger partial charge < -0.3 is 19.7 Å². The first-order valence-electron chi connectivity index (χ1n) is 8.17. The van der Waals surface area contributed by atoms with E-state index in [-0.39, 0.29) is 11.2 Å². The van der Waals surface area contributed by atoms with E-state index in [2.05, 4.69) is 10.3 Å². The minimum absolute atomic E-state index is 0.198. The topological polar surface area (TPSA) is 63.7 Å². The van der Waals surface area contributed by atoms with Gasteiger partial charge in [-0.2, -0.15) is 13.2 Å². The molecule has 0 aliphatic carbocycles. The summed E-state index contributed by atoms with van der Waals surface area (Å²) >= 11 is 0. The predicted molar refractivity (Wildman–Crippen MR) is 81.9 cm³/mol. The zero-order valence-electron chi connectivity index (χ0n) is 13.6. The number of halogens is 3. The first-order valence-corrected chi connectivity index (χ1v) is 8.17. The summed E-state index contributed by atoms with van der Waals surface area (Å²) < 4.78 is 50.4. The van der Waals surface area contributed by atoms with E-state index in [1.807, 2.05) is 0 Å². The number of morpholine rings is 1. The van der Waals surface area contributed by atoms with Crippen molar-refractivity contribution < 1.29 is 27.4 Å². The standard InChI is InChI=1S/C16H20F3N3O3/c17-16(18,19)13(12-2-1-5-20-10-12)25-14(23)22-7-3-15(4-8-22)11-21-6-9-24-15/h1-2,5,10,13,21H,3-4,6-9,11H2. The van der Waals surface area contributed by atoms with E-state index in [4.69, 9.17) is 9.47 Å². The molecule has 2 aliphatic heterocycles. The van der Waals surface area contributed by atoms with Crippen molar-refractivity contribution in [1.29, 1.82) is 0 Å². The third kappa shape index (κ3) is 4.21. The van der Waals surface area contributed by atoms with E-state index in [1.165, 1.54) is 23.2 Å². The maximum absolute atomic E-state index is 13.3. The second kappa shape index (κ2) is 7.17. The molecule has 2 aliphatic rings. The molecule has 1 N–H and O–H groups in total. The molecular weight excluding hydrogens is 339 g/mol. The number of pyridine rings is 1. The van der Waals surface area contributed by atoms with Crippen LogP contribution >= 0.6 is 0 Å². The third-order valence-electron chi connectivity index (χ3n) is 4.57. The van der Waals surface area contributed by atoms with E-state index in [9.17, 15) is 18.0 Å². The summed E-state index contributed by atoms with van der Waals surface area (Å²) in [4.78, 5) is 17.2. The van der Waals surface area contributed by atoms with Crippen LogP contribution < -0.4 is 5.32 Å². The highest BCUT2D eigenvalue weighted by Crippen LogP contribution is 2.36. The molecule has 0 radical (unpaired) electrons. The van der Waals surface area contributed by atoms with Gasteiger partial charge in [0.15, 0.2) is 0 Å². The first-order chi connectivity index (χ1) is 11.9. The molecule has 138 valence electrons. The Hall–Kier alpha value is -1.87. The Bertz CT molecular complexity index is 581. The van der Waals surface area contributed by atoms with Crippen molar-refractivity contribution in [3.63, 3.8) is 0 Å². The second-order valence-electron chi connectivity index (χ2n) is 6.29. The highest BCUT2D eigenvalue weighted by molar-refractivity contribution is 5.68. The Morgan fingerprint density at radius 1 is 1.40 bits per heavy atom. The lowest BCUT2D eigenvalue weighted by Gasteiger charge is -2.43. The van der Waals surface area contributed by atoms with Crippen molar-refractivity contribution in [2.45, 2.75) is 30.7 Å². The lowest BCUT2D eigenvalue weighted by atomic mass is 9.90. The Morgan fingerprint density at radius 3 is 2.72 bits per heavy atom. The molecule has 1 unspecified atom stereocenters. The van der Waals surface area contributed by atoms with Crippen molar-refractivity contribution in [2.75, 3.05) is 32.8 Å². The van der Waals surface area contributed by atoms with Gasteiger partial charge in [-0.25, -0.2) is 4.79 Å². The molecule has 2 saturated heterocycles. The zero-order valence-corrected chi connectivity index (χ0v) is 13.6. The zero-order chi connectivity index (χ0) is 17.9. The Kier molecular flexibility index (Phi) is 5.14. The Labute approximate surface area is 143 Å².